The van der Waals surface area contributed by atoms with Gasteiger partial charge in [0, 0.05) is 28.8 Å². The zero-order chi connectivity index (χ0) is 26.2. The van der Waals surface area contributed by atoms with Crippen molar-refractivity contribution < 1.29 is 14.3 Å². The minimum Gasteiger partial charge on any atom is -0.481 e. The highest BCUT2D eigenvalue weighted by atomic mass is 35.5. The fourth-order valence-corrected chi connectivity index (χ4v) is 4.34. The van der Waals surface area contributed by atoms with Crippen LogP contribution in [0.2, 0.25) is 5.02 Å². The lowest BCUT2D eigenvalue weighted by Crippen LogP contribution is -2.35. The molecule has 0 amide bonds. The first kappa shape index (κ1) is 25.0. The third-order valence-corrected chi connectivity index (χ3v) is 6.32. The quantitative estimate of drug-likeness (QED) is 0.381. The first-order valence-corrected chi connectivity index (χ1v) is 11.3. The van der Waals surface area contributed by atoms with Gasteiger partial charge in [-0.2, -0.15) is 10.2 Å². The van der Waals surface area contributed by atoms with Crippen LogP contribution in [-0.2, 0) is 17.3 Å². The molecule has 1 N–H and O–H groups in total. The SMILES string of the molecule is Cc1nn(C)c(=O)c(-c2c(F)ccc(Cl)c2/C=C/c2ccc(-n3cncn3)cc2)c1C(C)(C)C(=O)O. The van der Waals surface area contributed by atoms with Crippen molar-refractivity contribution in [1.29, 1.82) is 0 Å². The van der Waals surface area contributed by atoms with Crippen LogP contribution in [0, 0.1) is 12.7 Å². The van der Waals surface area contributed by atoms with Crippen molar-refractivity contribution in [2.24, 2.45) is 7.05 Å². The van der Waals surface area contributed by atoms with E-state index in [1.807, 2.05) is 24.3 Å². The average molecular weight is 508 g/mol. The highest BCUT2D eigenvalue weighted by Gasteiger charge is 2.37. The molecular weight excluding hydrogens is 485 g/mol. The lowest BCUT2D eigenvalue weighted by molar-refractivity contribution is -0.142. The minimum atomic E-state index is -1.52. The number of nitrogens with zero attached hydrogens (tertiary/aromatic N) is 5. The molecular formula is C26H23ClFN5O3. The van der Waals surface area contributed by atoms with Crippen molar-refractivity contribution in [3.05, 3.63) is 92.6 Å². The molecule has 2 aromatic heterocycles. The predicted octanol–water partition coefficient (Wildman–Crippen LogP) is 4.66. The molecule has 36 heavy (non-hydrogen) atoms. The monoisotopic (exact) mass is 507 g/mol. The Hall–Kier alpha value is -4.11. The summed E-state index contributed by atoms with van der Waals surface area (Å²) in [7, 11) is 1.44. The molecule has 0 saturated carbocycles. The van der Waals surface area contributed by atoms with Crippen molar-refractivity contribution in [2.75, 3.05) is 0 Å². The molecule has 0 unspecified atom stereocenters. The van der Waals surface area contributed by atoms with Gasteiger partial charge >= 0.3 is 5.97 Å². The van der Waals surface area contributed by atoms with E-state index in [-0.39, 0.29) is 27.3 Å². The van der Waals surface area contributed by atoms with Gasteiger partial charge in [0.05, 0.1) is 22.4 Å². The first-order valence-electron chi connectivity index (χ1n) is 11.0. The summed E-state index contributed by atoms with van der Waals surface area (Å²) in [6.07, 6.45) is 6.36. The van der Waals surface area contributed by atoms with Crippen molar-refractivity contribution in [1.82, 2.24) is 24.5 Å². The van der Waals surface area contributed by atoms with Crippen molar-refractivity contribution >= 4 is 29.7 Å². The van der Waals surface area contributed by atoms with Gasteiger partial charge in [-0.3, -0.25) is 9.59 Å². The van der Waals surface area contributed by atoms with Crippen molar-refractivity contribution in [3.63, 3.8) is 0 Å². The number of carboxylic acids is 1. The van der Waals surface area contributed by atoms with Gasteiger partial charge < -0.3 is 5.11 Å². The summed E-state index contributed by atoms with van der Waals surface area (Å²) in [5.41, 5.74) is -0.0246. The summed E-state index contributed by atoms with van der Waals surface area (Å²) in [5.74, 6) is -1.88. The van der Waals surface area contributed by atoms with E-state index in [1.54, 1.807) is 30.1 Å². The molecule has 0 bridgehead atoms. The molecule has 0 aliphatic rings. The number of aromatic nitrogens is 5. The Morgan fingerprint density at radius 2 is 1.81 bits per heavy atom. The van der Waals surface area contributed by atoms with E-state index in [0.29, 0.717) is 5.69 Å². The smallest absolute Gasteiger partial charge is 0.313 e. The minimum absolute atomic E-state index is 0.0755. The Balaban J connectivity index is 1.91. The van der Waals surface area contributed by atoms with Crippen LogP contribution in [0.4, 0.5) is 4.39 Å². The molecule has 4 rings (SSSR count). The maximum atomic E-state index is 15.4. The number of carboxylic acid groups (broad SMARTS) is 1. The summed E-state index contributed by atoms with van der Waals surface area (Å²) in [6.45, 7) is 4.51. The summed E-state index contributed by atoms with van der Waals surface area (Å²) < 4.78 is 18.1. The van der Waals surface area contributed by atoms with Gasteiger partial charge in [0.15, 0.2) is 0 Å². The molecule has 2 aromatic carbocycles. The molecule has 0 saturated heterocycles. The lowest BCUT2D eigenvalue weighted by Gasteiger charge is -2.26. The van der Waals surface area contributed by atoms with E-state index in [1.165, 1.54) is 33.3 Å². The van der Waals surface area contributed by atoms with Crippen LogP contribution in [0.25, 0.3) is 29.0 Å². The van der Waals surface area contributed by atoms with Crippen LogP contribution in [0.1, 0.15) is 36.2 Å². The highest BCUT2D eigenvalue weighted by molar-refractivity contribution is 6.32. The van der Waals surface area contributed by atoms with Gasteiger partial charge in [0.1, 0.15) is 18.5 Å². The number of carbonyl (C=O) groups is 1. The molecule has 2 heterocycles. The van der Waals surface area contributed by atoms with Gasteiger partial charge in [-0.15, -0.1) is 0 Å². The zero-order valence-corrected chi connectivity index (χ0v) is 20.8. The number of aryl methyl sites for hydroxylation is 2. The van der Waals surface area contributed by atoms with Gasteiger partial charge in [-0.05, 0) is 50.6 Å². The molecule has 0 spiro atoms. The van der Waals surface area contributed by atoms with Crippen LogP contribution >= 0.6 is 11.6 Å². The number of hydrogen-bond donors (Lipinski definition) is 1. The summed E-state index contributed by atoms with van der Waals surface area (Å²) in [5, 5.41) is 18.4. The Morgan fingerprint density at radius 1 is 1.11 bits per heavy atom. The van der Waals surface area contributed by atoms with Crippen molar-refractivity contribution in [2.45, 2.75) is 26.2 Å². The molecule has 8 nitrogen and oxygen atoms in total. The fourth-order valence-electron chi connectivity index (χ4n) is 4.12. The Morgan fingerprint density at radius 3 is 2.42 bits per heavy atom. The topological polar surface area (TPSA) is 103 Å². The van der Waals surface area contributed by atoms with E-state index in [9.17, 15) is 14.7 Å². The first-order chi connectivity index (χ1) is 17.0. The molecule has 0 radical (unpaired) electrons. The Bertz CT molecular complexity index is 1540. The van der Waals surface area contributed by atoms with Crippen molar-refractivity contribution in [3.8, 4) is 16.8 Å². The summed E-state index contributed by atoms with van der Waals surface area (Å²) in [6, 6.07) is 9.93. The maximum Gasteiger partial charge on any atom is 0.313 e. The molecule has 184 valence electrons. The highest BCUT2D eigenvalue weighted by Crippen LogP contribution is 2.38. The number of halogens is 2. The Labute approximate surface area is 211 Å². The molecule has 0 aliphatic carbocycles. The van der Waals surface area contributed by atoms with Gasteiger partial charge in [-0.25, -0.2) is 18.7 Å². The summed E-state index contributed by atoms with van der Waals surface area (Å²) in [4.78, 5) is 29.4. The van der Waals surface area contributed by atoms with Gasteiger partial charge in [-0.1, -0.05) is 35.9 Å². The van der Waals surface area contributed by atoms with Crippen LogP contribution in [0.5, 0.6) is 0 Å². The number of hydrogen-bond acceptors (Lipinski definition) is 5. The second-order valence-electron chi connectivity index (χ2n) is 8.78. The summed E-state index contributed by atoms with van der Waals surface area (Å²) >= 11 is 6.49. The standard InChI is InChI=1S/C26H23ClFN5O3/c1-15-23(26(2,3)25(35)36)22(24(34)32(4)31-15)21-18(19(27)11-12-20(21)28)10-7-16-5-8-17(9-6-16)33-14-29-13-30-33/h5-14H,1-4H3,(H,35,36)/b10-7+. The van der Waals surface area contributed by atoms with E-state index in [4.69, 9.17) is 11.6 Å². The second kappa shape index (κ2) is 9.50. The lowest BCUT2D eigenvalue weighted by atomic mass is 9.79. The van der Waals surface area contributed by atoms with Crippen LogP contribution in [0.3, 0.4) is 0 Å². The van der Waals surface area contributed by atoms with E-state index >= 15 is 4.39 Å². The Kier molecular flexibility index (Phi) is 6.60. The molecule has 0 fully saturated rings. The second-order valence-corrected chi connectivity index (χ2v) is 9.18. The van der Waals surface area contributed by atoms with E-state index in [2.05, 4.69) is 15.2 Å². The molecule has 4 aromatic rings. The molecule has 0 aliphatic heterocycles. The zero-order valence-electron chi connectivity index (χ0n) is 20.0. The third-order valence-electron chi connectivity index (χ3n) is 5.99. The normalized spacial score (nSPS) is 11.8. The maximum absolute atomic E-state index is 15.4. The fraction of sp³-hybridized carbons (Fsp3) is 0.192. The number of benzene rings is 2. The average Bonchev–Trinajstić information content (AvgIpc) is 3.37. The third kappa shape index (κ3) is 4.45. The van der Waals surface area contributed by atoms with Crippen LogP contribution in [0.15, 0.2) is 53.8 Å². The van der Waals surface area contributed by atoms with E-state index < -0.39 is 22.8 Å². The molecule has 10 heteroatoms. The van der Waals surface area contributed by atoms with Gasteiger partial charge in [0.2, 0.25) is 0 Å². The largest absolute Gasteiger partial charge is 0.481 e. The number of rotatable bonds is 6. The van der Waals surface area contributed by atoms with Crippen LogP contribution in [-0.4, -0.2) is 35.6 Å². The van der Waals surface area contributed by atoms with Gasteiger partial charge in [0.25, 0.3) is 5.56 Å². The molecule has 0 atom stereocenters. The number of aliphatic carboxylic acids is 1. The van der Waals surface area contributed by atoms with E-state index in [0.717, 1.165) is 22.0 Å². The predicted molar refractivity (Wildman–Crippen MR) is 136 cm³/mol. The van der Waals surface area contributed by atoms with Crippen LogP contribution < -0.4 is 5.56 Å².